The summed E-state index contributed by atoms with van der Waals surface area (Å²) in [6.07, 6.45) is 9.27. The Hall–Kier alpha value is -2.62. The smallest absolute Gasteiger partial charge is 0.0927 e. The van der Waals surface area contributed by atoms with Gasteiger partial charge in [0.05, 0.1) is 12.0 Å². The second kappa shape index (κ2) is 5.17. The van der Waals surface area contributed by atoms with Crippen LogP contribution in [0.4, 0.5) is 0 Å². The number of hydrogen-bond donors (Lipinski definition) is 1. The van der Waals surface area contributed by atoms with Crippen LogP contribution in [0.15, 0.2) is 49.2 Å². The summed E-state index contributed by atoms with van der Waals surface area (Å²) >= 11 is 0. The summed E-state index contributed by atoms with van der Waals surface area (Å²) in [4.78, 5) is 7.39. The second-order valence-electron chi connectivity index (χ2n) is 4.73. The number of nitrogens with zero attached hydrogens (tertiary/aromatic N) is 3. The van der Waals surface area contributed by atoms with Gasteiger partial charge >= 0.3 is 0 Å². The van der Waals surface area contributed by atoms with Crippen molar-refractivity contribution in [2.24, 2.45) is 0 Å². The molecular weight excluding hydrogens is 248 g/mol. The minimum absolute atomic E-state index is 0.911. The SMILES string of the molecule is Cc1cccc(/C(=C/n2cccn2)c2c[nH]cn2)c1C. The number of H-pyrrole nitrogens is 1. The topological polar surface area (TPSA) is 46.5 Å². The molecule has 1 N–H and O–H groups in total. The number of aromatic amines is 1. The van der Waals surface area contributed by atoms with E-state index in [1.54, 1.807) is 17.2 Å². The molecule has 4 heteroatoms. The van der Waals surface area contributed by atoms with Gasteiger partial charge in [0.2, 0.25) is 0 Å². The Morgan fingerprint density at radius 2 is 2.15 bits per heavy atom. The van der Waals surface area contributed by atoms with Crippen molar-refractivity contribution in [2.45, 2.75) is 13.8 Å². The lowest BCUT2D eigenvalue weighted by molar-refractivity contribution is 0.935. The summed E-state index contributed by atoms with van der Waals surface area (Å²) in [5.74, 6) is 0. The van der Waals surface area contributed by atoms with Gasteiger partial charge < -0.3 is 4.98 Å². The summed E-state index contributed by atoms with van der Waals surface area (Å²) in [5, 5.41) is 4.25. The highest BCUT2D eigenvalue weighted by atomic mass is 15.2. The Labute approximate surface area is 117 Å². The lowest BCUT2D eigenvalue weighted by atomic mass is 9.96. The van der Waals surface area contributed by atoms with Gasteiger partial charge in [0, 0.05) is 30.4 Å². The zero-order valence-electron chi connectivity index (χ0n) is 11.5. The van der Waals surface area contributed by atoms with Gasteiger partial charge in [-0.2, -0.15) is 5.10 Å². The van der Waals surface area contributed by atoms with Crippen LogP contribution in [0.3, 0.4) is 0 Å². The van der Waals surface area contributed by atoms with E-state index in [1.807, 2.05) is 24.7 Å². The van der Waals surface area contributed by atoms with Crippen LogP contribution in [-0.4, -0.2) is 19.7 Å². The van der Waals surface area contributed by atoms with E-state index in [0.717, 1.165) is 11.3 Å². The molecule has 0 saturated carbocycles. The predicted molar refractivity (Wildman–Crippen MR) is 80.0 cm³/mol. The molecule has 3 rings (SSSR count). The van der Waals surface area contributed by atoms with E-state index in [1.165, 1.54) is 16.7 Å². The average molecular weight is 264 g/mol. The van der Waals surface area contributed by atoms with Crippen molar-refractivity contribution >= 4 is 11.8 Å². The van der Waals surface area contributed by atoms with Crippen LogP contribution >= 0.6 is 0 Å². The van der Waals surface area contributed by atoms with E-state index in [9.17, 15) is 0 Å². The predicted octanol–water partition coefficient (Wildman–Crippen LogP) is 3.27. The van der Waals surface area contributed by atoms with E-state index < -0.39 is 0 Å². The quantitative estimate of drug-likeness (QED) is 0.789. The first-order valence-electron chi connectivity index (χ1n) is 6.52. The molecule has 0 bridgehead atoms. The normalized spacial score (nSPS) is 11.8. The molecular formula is C16H16N4. The van der Waals surface area contributed by atoms with Gasteiger partial charge in [0.1, 0.15) is 0 Å². The van der Waals surface area contributed by atoms with Crippen molar-refractivity contribution in [3.05, 3.63) is 71.6 Å². The fraction of sp³-hybridized carbons (Fsp3) is 0.125. The van der Waals surface area contributed by atoms with Gasteiger partial charge in [-0.05, 0) is 36.6 Å². The van der Waals surface area contributed by atoms with Crippen molar-refractivity contribution in [2.75, 3.05) is 0 Å². The zero-order valence-corrected chi connectivity index (χ0v) is 11.5. The Morgan fingerprint density at radius 1 is 1.25 bits per heavy atom. The van der Waals surface area contributed by atoms with Gasteiger partial charge in [-0.3, -0.25) is 0 Å². The lowest BCUT2D eigenvalue weighted by Crippen LogP contribution is -1.97. The summed E-state index contributed by atoms with van der Waals surface area (Å²) in [7, 11) is 0. The minimum Gasteiger partial charge on any atom is -0.351 e. The molecule has 0 radical (unpaired) electrons. The standard InChI is InChI=1S/C16H16N4/c1-12-5-3-6-14(13(12)2)15(16-9-17-11-18-16)10-20-8-4-7-19-20/h3-11H,1-2H3,(H,17,18)/b15-10-. The number of benzene rings is 1. The number of aryl methyl sites for hydroxylation is 1. The third-order valence-corrected chi connectivity index (χ3v) is 3.46. The van der Waals surface area contributed by atoms with E-state index >= 15 is 0 Å². The van der Waals surface area contributed by atoms with Crippen LogP contribution in [0.1, 0.15) is 22.4 Å². The molecule has 20 heavy (non-hydrogen) atoms. The highest BCUT2D eigenvalue weighted by molar-refractivity contribution is 5.87. The van der Waals surface area contributed by atoms with Crippen molar-refractivity contribution < 1.29 is 0 Å². The average Bonchev–Trinajstić information content (AvgIpc) is 3.11. The molecule has 3 aromatic rings. The van der Waals surface area contributed by atoms with Gasteiger partial charge in [-0.25, -0.2) is 9.67 Å². The first-order valence-corrected chi connectivity index (χ1v) is 6.52. The Morgan fingerprint density at radius 3 is 2.85 bits per heavy atom. The highest BCUT2D eigenvalue weighted by Crippen LogP contribution is 2.26. The lowest BCUT2D eigenvalue weighted by Gasteiger charge is -2.11. The van der Waals surface area contributed by atoms with Crippen LogP contribution in [0.5, 0.6) is 0 Å². The summed E-state index contributed by atoms with van der Waals surface area (Å²) in [6.45, 7) is 4.25. The third-order valence-electron chi connectivity index (χ3n) is 3.46. The summed E-state index contributed by atoms with van der Waals surface area (Å²) in [5.41, 5.74) is 5.66. The van der Waals surface area contributed by atoms with Crippen LogP contribution in [0, 0.1) is 13.8 Å². The van der Waals surface area contributed by atoms with E-state index in [-0.39, 0.29) is 0 Å². The number of imidazole rings is 1. The van der Waals surface area contributed by atoms with Gasteiger partial charge in [0.15, 0.2) is 0 Å². The minimum atomic E-state index is 0.911. The van der Waals surface area contributed by atoms with E-state index in [2.05, 4.69) is 47.1 Å². The van der Waals surface area contributed by atoms with Crippen LogP contribution in [0.25, 0.3) is 11.8 Å². The largest absolute Gasteiger partial charge is 0.351 e. The summed E-state index contributed by atoms with van der Waals surface area (Å²) in [6, 6.07) is 8.21. The molecule has 0 aliphatic heterocycles. The molecule has 0 atom stereocenters. The van der Waals surface area contributed by atoms with Crippen molar-refractivity contribution in [3.8, 4) is 0 Å². The first kappa shape index (κ1) is 12.4. The Balaban J connectivity index is 2.18. The van der Waals surface area contributed by atoms with Gasteiger partial charge in [-0.1, -0.05) is 18.2 Å². The number of nitrogens with one attached hydrogen (secondary N) is 1. The fourth-order valence-corrected chi connectivity index (χ4v) is 2.21. The van der Waals surface area contributed by atoms with Crippen molar-refractivity contribution in [1.82, 2.24) is 19.7 Å². The summed E-state index contributed by atoms with van der Waals surface area (Å²) < 4.78 is 1.80. The van der Waals surface area contributed by atoms with Crippen molar-refractivity contribution in [3.63, 3.8) is 0 Å². The first-order chi connectivity index (χ1) is 9.75. The molecule has 0 aliphatic rings. The molecule has 0 fully saturated rings. The fourth-order valence-electron chi connectivity index (χ4n) is 2.21. The van der Waals surface area contributed by atoms with Crippen LogP contribution in [-0.2, 0) is 0 Å². The van der Waals surface area contributed by atoms with Crippen LogP contribution in [0.2, 0.25) is 0 Å². The Bertz CT molecular complexity index is 722. The molecule has 0 aliphatic carbocycles. The number of rotatable bonds is 3. The van der Waals surface area contributed by atoms with E-state index in [0.29, 0.717) is 0 Å². The van der Waals surface area contributed by atoms with Crippen LogP contribution < -0.4 is 0 Å². The molecule has 1 aromatic carbocycles. The number of aromatic nitrogens is 4. The van der Waals surface area contributed by atoms with E-state index in [4.69, 9.17) is 0 Å². The third kappa shape index (κ3) is 2.28. The molecule has 0 amide bonds. The maximum absolute atomic E-state index is 4.38. The molecule has 4 nitrogen and oxygen atoms in total. The monoisotopic (exact) mass is 264 g/mol. The molecule has 2 aromatic heterocycles. The van der Waals surface area contributed by atoms with Crippen molar-refractivity contribution in [1.29, 1.82) is 0 Å². The van der Waals surface area contributed by atoms with Gasteiger partial charge in [-0.15, -0.1) is 0 Å². The second-order valence-corrected chi connectivity index (χ2v) is 4.73. The maximum Gasteiger partial charge on any atom is 0.0927 e. The van der Waals surface area contributed by atoms with Gasteiger partial charge in [0.25, 0.3) is 0 Å². The Kier molecular flexibility index (Phi) is 3.21. The highest BCUT2D eigenvalue weighted by Gasteiger charge is 2.11. The molecule has 0 spiro atoms. The molecule has 0 saturated heterocycles. The molecule has 2 heterocycles. The molecule has 100 valence electrons. The maximum atomic E-state index is 4.38. The zero-order chi connectivity index (χ0) is 13.9. The molecule has 0 unspecified atom stereocenters. The number of hydrogen-bond acceptors (Lipinski definition) is 2.